The Bertz CT molecular complexity index is 158. The van der Waals surface area contributed by atoms with Gasteiger partial charge in [-0.25, -0.2) is 5.57 Å². The maximum absolute atomic E-state index is 3.26. The Hall–Kier alpha value is 0.675. The van der Waals surface area contributed by atoms with E-state index < -0.39 is 0 Å². The van der Waals surface area contributed by atoms with E-state index in [1.807, 2.05) is 0 Å². The standard InChI is InChI=1S/C8H11.La/c1-6-4-5-7(2)8(6)3;/h4H2,1-3H3;/q-1;. The number of allylic oxidation sites excluding steroid dienone is 4. The van der Waals surface area contributed by atoms with Crippen molar-refractivity contribution in [2.75, 3.05) is 0 Å². The first-order chi connectivity index (χ1) is 3.72. The Morgan fingerprint density at radius 1 is 1.22 bits per heavy atom. The molecule has 1 aliphatic carbocycles. The van der Waals surface area contributed by atoms with E-state index in [1.54, 1.807) is 0 Å². The van der Waals surface area contributed by atoms with Crippen molar-refractivity contribution in [2.24, 2.45) is 0 Å². The second-order valence-electron chi connectivity index (χ2n) is 2.38. The third-order valence-corrected chi connectivity index (χ3v) is 1.82. The summed E-state index contributed by atoms with van der Waals surface area (Å²) >= 11 is 0. The van der Waals surface area contributed by atoms with Crippen LogP contribution in [-0.2, 0) is 0 Å². The molecule has 0 aromatic heterocycles. The summed E-state index contributed by atoms with van der Waals surface area (Å²) in [5, 5.41) is 0. The Morgan fingerprint density at radius 2 is 1.78 bits per heavy atom. The van der Waals surface area contributed by atoms with Gasteiger partial charge in [0.25, 0.3) is 0 Å². The Labute approximate surface area is 85.0 Å². The van der Waals surface area contributed by atoms with Gasteiger partial charge in [-0.15, -0.1) is 13.3 Å². The molecule has 0 atom stereocenters. The molecule has 0 unspecified atom stereocenters. The van der Waals surface area contributed by atoms with Crippen LogP contribution in [0.4, 0.5) is 0 Å². The van der Waals surface area contributed by atoms with Gasteiger partial charge in [0.2, 0.25) is 0 Å². The van der Waals surface area contributed by atoms with Crippen molar-refractivity contribution in [3.05, 3.63) is 22.8 Å². The monoisotopic (exact) mass is 246 g/mol. The Balaban J connectivity index is 0.000000640. The molecule has 0 saturated carbocycles. The molecule has 0 saturated heterocycles. The molecule has 0 amide bonds. The Morgan fingerprint density at radius 3 is 1.89 bits per heavy atom. The predicted octanol–water partition coefficient (Wildman–Crippen LogP) is 2.48. The van der Waals surface area contributed by atoms with Gasteiger partial charge in [0.05, 0.1) is 0 Å². The third-order valence-electron chi connectivity index (χ3n) is 1.82. The molecule has 0 heterocycles. The van der Waals surface area contributed by atoms with Crippen LogP contribution in [-0.4, -0.2) is 0 Å². The van der Waals surface area contributed by atoms with Crippen LogP contribution in [0.25, 0.3) is 0 Å². The van der Waals surface area contributed by atoms with Crippen LogP contribution < -0.4 is 0 Å². The summed E-state index contributed by atoms with van der Waals surface area (Å²) in [4.78, 5) is 0. The second-order valence-corrected chi connectivity index (χ2v) is 2.38. The molecule has 0 aromatic rings. The van der Waals surface area contributed by atoms with Crippen LogP contribution >= 0.6 is 0 Å². The van der Waals surface area contributed by atoms with Crippen molar-refractivity contribution in [1.82, 2.24) is 0 Å². The predicted molar refractivity (Wildman–Crippen MR) is 35.4 cm³/mol. The summed E-state index contributed by atoms with van der Waals surface area (Å²) in [5.41, 5.74) is 4.25. The van der Waals surface area contributed by atoms with E-state index in [-0.39, 0.29) is 35.6 Å². The van der Waals surface area contributed by atoms with Crippen LogP contribution in [0.15, 0.2) is 16.7 Å². The smallest absolute Gasteiger partial charge is 0 e. The quantitative estimate of drug-likeness (QED) is 0.576. The topological polar surface area (TPSA) is 0 Å². The van der Waals surface area contributed by atoms with Gasteiger partial charge in [0, 0.05) is 35.6 Å². The molecule has 0 N–H and O–H groups in total. The summed E-state index contributed by atoms with van der Waals surface area (Å²) in [6, 6.07) is 0. The maximum atomic E-state index is 3.26. The van der Waals surface area contributed by atoms with Gasteiger partial charge in [-0.05, 0) is 0 Å². The van der Waals surface area contributed by atoms with Crippen LogP contribution in [0.5, 0.6) is 0 Å². The first-order valence-corrected chi connectivity index (χ1v) is 2.96. The maximum Gasteiger partial charge on any atom is 0 e. The van der Waals surface area contributed by atoms with Gasteiger partial charge in [-0.2, -0.15) is 11.1 Å². The molecule has 0 aliphatic heterocycles. The van der Waals surface area contributed by atoms with E-state index >= 15 is 0 Å². The average Bonchev–Trinajstić information content (AvgIpc) is 1.98. The van der Waals surface area contributed by atoms with Crippen LogP contribution in [0, 0.1) is 41.7 Å². The SMILES string of the molecule is CC1=[C-]CC(C)=C1C.[La]. The van der Waals surface area contributed by atoms with Crippen molar-refractivity contribution in [3.8, 4) is 0 Å². The zero-order chi connectivity index (χ0) is 6.15. The third kappa shape index (κ3) is 2.07. The van der Waals surface area contributed by atoms with Crippen molar-refractivity contribution in [3.63, 3.8) is 0 Å². The van der Waals surface area contributed by atoms with E-state index in [1.165, 1.54) is 16.7 Å². The molecule has 1 radical (unpaired) electrons. The molecule has 0 aromatic carbocycles. The summed E-state index contributed by atoms with van der Waals surface area (Å²) in [6.45, 7) is 6.44. The minimum atomic E-state index is 0. The fourth-order valence-corrected chi connectivity index (χ4v) is 0.850. The van der Waals surface area contributed by atoms with Gasteiger partial charge >= 0.3 is 0 Å². The molecular weight excluding hydrogens is 235 g/mol. The normalized spacial score (nSPS) is 17.4. The molecule has 1 aliphatic rings. The molecule has 0 fully saturated rings. The summed E-state index contributed by atoms with van der Waals surface area (Å²) in [6.07, 6.45) is 4.31. The molecule has 0 nitrogen and oxygen atoms in total. The summed E-state index contributed by atoms with van der Waals surface area (Å²) in [7, 11) is 0. The molecule has 9 heavy (non-hydrogen) atoms. The van der Waals surface area contributed by atoms with Crippen molar-refractivity contribution < 1.29 is 35.6 Å². The van der Waals surface area contributed by atoms with Gasteiger partial charge in [0.15, 0.2) is 0 Å². The van der Waals surface area contributed by atoms with Gasteiger partial charge < -0.3 is 0 Å². The zero-order valence-corrected chi connectivity index (χ0v) is 9.91. The first-order valence-electron chi connectivity index (χ1n) is 2.96. The van der Waals surface area contributed by atoms with E-state index in [4.69, 9.17) is 0 Å². The van der Waals surface area contributed by atoms with Crippen LogP contribution in [0.3, 0.4) is 0 Å². The minimum absolute atomic E-state index is 0. The summed E-state index contributed by atoms with van der Waals surface area (Å²) in [5.74, 6) is 0. The Kier molecular flexibility index (Phi) is 4.03. The van der Waals surface area contributed by atoms with E-state index in [2.05, 4.69) is 26.8 Å². The average molecular weight is 246 g/mol. The van der Waals surface area contributed by atoms with Crippen molar-refractivity contribution in [1.29, 1.82) is 0 Å². The number of rotatable bonds is 0. The van der Waals surface area contributed by atoms with E-state index in [9.17, 15) is 0 Å². The van der Waals surface area contributed by atoms with Crippen LogP contribution in [0.1, 0.15) is 27.2 Å². The van der Waals surface area contributed by atoms with Crippen molar-refractivity contribution >= 4 is 0 Å². The van der Waals surface area contributed by atoms with Gasteiger partial charge in [0.1, 0.15) is 0 Å². The number of hydrogen-bond acceptors (Lipinski definition) is 0. The van der Waals surface area contributed by atoms with Crippen molar-refractivity contribution in [2.45, 2.75) is 27.2 Å². The van der Waals surface area contributed by atoms with E-state index in [0.717, 1.165) is 6.42 Å². The van der Waals surface area contributed by atoms with Gasteiger partial charge in [-0.1, -0.05) is 13.8 Å². The molecule has 47 valence electrons. The largest absolute Gasteiger partial charge is 0.269 e. The van der Waals surface area contributed by atoms with Crippen LogP contribution in [0.2, 0.25) is 0 Å². The fourth-order valence-electron chi connectivity index (χ4n) is 0.850. The van der Waals surface area contributed by atoms with E-state index in [0.29, 0.717) is 0 Å². The van der Waals surface area contributed by atoms with Gasteiger partial charge in [-0.3, -0.25) is 6.08 Å². The molecule has 1 heteroatoms. The zero-order valence-electron chi connectivity index (χ0n) is 6.28. The molecule has 0 bridgehead atoms. The molecular formula is C8H11La-. The first kappa shape index (κ1) is 9.67. The molecule has 1 rings (SSSR count). The number of hydrogen-bond donors (Lipinski definition) is 0. The molecule has 0 spiro atoms. The fraction of sp³-hybridized carbons (Fsp3) is 0.500. The second kappa shape index (κ2) is 3.75. The minimum Gasteiger partial charge on any atom is -0.269 e. The summed E-state index contributed by atoms with van der Waals surface area (Å²) < 4.78 is 0.